The summed E-state index contributed by atoms with van der Waals surface area (Å²) in [5.41, 5.74) is 1.68. The van der Waals surface area contributed by atoms with Crippen LogP contribution in [0.15, 0.2) is 36.4 Å². The van der Waals surface area contributed by atoms with E-state index in [2.05, 4.69) is 24.5 Å². The van der Waals surface area contributed by atoms with Crippen LogP contribution >= 0.6 is 12.4 Å². The lowest BCUT2D eigenvalue weighted by Crippen LogP contribution is -2.43. The van der Waals surface area contributed by atoms with Crippen LogP contribution in [0.5, 0.6) is 17.2 Å². The smallest absolute Gasteiger partial charge is 0.262 e. The SMILES string of the molecule is CCOc1ccc(CC(C)(C)NCC(O)c2cc(O)cc3c2OCC(=O)N3)cc1.Cl. The van der Waals surface area contributed by atoms with Crippen molar-refractivity contribution in [2.24, 2.45) is 0 Å². The van der Waals surface area contributed by atoms with Crippen LogP contribution in [0.3, 0.4) is 0 Å². The molecule has 0 fully saturated rings. The number of amides is 1. The van der Waals surface area contributed by atoms with Gasteiger partial charge in [0.1, 0.15) is 17.2 Å². The maximum Gasteiger partial charge on any atom is 0.262 e. The largest absolute Gasteiger partial charge is 0.508 e. The summed E-state index contributed by atoms with van der Waals surface area (Å²) in [5.74, 6) is 0.898. The molecule has 2 aromatic carbocycles. The summed E-state index contributed by atoms with van der Waals surface area (Å²) < 4.78 is 11.0. The molecule has 0 radical (unpaired) electrons. The number of hydrogen-bond donors (Lipinski definition) is 4. The highest BCUT2D eigenvalue weighted by Gasteiger charge is 2.26. The van der Waals surface area contributed by atoms with Crippen LogP contribution in [0, 0.1) is 0 Å². The number of hydrogen-bond acceptors (Lipinski definition) is 6. The van der Waals surface area contributed by atoms with Gasteiger partial charge >= 0.3 is 0 Å². The number of phenols is 1. The summed E-state index contributed by atoms with van der Waals surface area (Å²) in [5, 5.41) is 26.7. The number of carbonyl (C=O) groups excluding carboxylic acids is 1. The first-order valence-electron chi connectivity index (χ1n) is 9.72. The van der Waals surface area contributed by atoms with Crippen LogP contribution < -0.4 is 20.1 Å². The lowest BCUT2D eigenvalue weighted by atomic mass is 9.94. The van der Waals surface area contributed by atoms with Crippen molar-refractivity contribution in [2.75, 3.05) is 25.1 Å². The van der Waals surface area contributed by atoms with Gasteiger partial charge in [0.05, 0.1) is 18.4 Å². The number of anilines is 1. The second-order valence-electron chi connectivity index (χ2n) is 7.78. The van der Waals surface area contributed by atoms with Crippen molar-refractivity contribution in [3.8, 4) is 17.2 Å². The number of phenolic OH excluding ortho intramolecular Hbond substituents is 1. The molecular formula is C22H29ClN2O5. The second-order valence-corrected chi connectivity index (χ2v) is 7.78. The molecule has 164 valence electrons. The van der Waals surface area contributed by atoms with Crippen LogP contribution in [0.4, 0.5) is 5.69 Å². The molecule has 0 saturated carbocycles. The van der Waals surface area contributed by atoms with Crippen molar-refractivity contribution < 1.29 is 24.5 Å². The molecule has 1 unspecified atom stereocenters. The van der Waals surface area contributed by atoms with Gasteiger partial charge in [-0.2, -0.15) is 0 Å². The molecule has 8 heteroatoms. The van der Waals surface area contributed by atoms with E-state index in [1.54, 1.807) is 0 Å². The number of carbonyl (C=O) groups is 1. The van der Waals surface area contributed by atoms with E-state index in [4.69, 9.17) is 9.47 Å². The van der Waals surface area contributed by atoms with Crippen LogP contribution in [0.2, 0.25) is 0 Å². The molecule has 30 heavy (non-hydrogen) atoms. The quantitative estimate of drug-likeness (QED) is 0.507. The molecule has 2 aromatic rings. The predicted octanol–water partition coefficient (Wildman–Crippen LogP) is 3.19. The van der Waals surface area contributed by atoms with Crippen molar-refractivity contribution in [3.63, 3.8) is 0 Å². The normalized spacial score (nSPS) is 14.1. The molecule has 1 heterocycles. The number of fused-ring (bicyclic) bond motifs is 1. The molecule has 4 N–H and O–H groups in total. The summed E-state index contributed by atoms with van der Waals surface area (Å²) in [7, 11) is 0. The Hall–Kier alpha value is -2.48. The molecule has 0 bridgehead atoms. The summed E-state index contributed by atoms with van der Waals surface area (Å²) >= 11 is 0. The lowest BCUT2D eigenvalue weighted by Gasteiger charge is -2.29. The first-order valence-corrected chi connectivity index (χ1v) is 9.72. The zero-order valence-electron chi connectivity index (χ0n) is 17.4. The first kappa shape index (κ1) is 23.8. The standard InChI is InChI=1S/C22H28N2O5.ClH/c1-4-28-16-7-5-14(6-8-16)11-22(2,3)23-12-19(26)17-9-15(25)10-18-21(17)29-13-20(27)24-18;/h5-10,19,23,25-26H,4,11-13H2,1-3H3,(H,24,27);1H. The highest BCUT2D eigenvalue weighted by molar-refractivity contribution is 5.96. The number of aliphatic hydroxyl groups excluding tert-OH is 1. The third-order valence-electron chi connectivity index (χ3n) is 4.74. The van der Waals surface area contributed by atoms with E-state index < -0.39 is 6.10 Å². The Bertz CT molecular complexity index is 871. The van der Waals surface area contributed by atoms with E-state index in [1.807, 2.05) is 31.2 Å². The highest BCUT2D eigenvalue weighted by Crippen LogP contribution is 2.38. The fourth-order valence-corrected chi connectivity index (χ4v) is 3.39. The van der Waals surface area contributed by atoms with Gasteiger partial charge in [0, 0.05) is 23.7 Å². The fraction of sp³-hybridized carbons (Fsp3) is 0.409. The topological polar surface area (TPSA) is 100 Å². The molecule has 1 aliphatic heterocycles. The Balaban J connectivity index is 0.00000320. The highest BCUT2D eigenvalue weighted by atomic mass is 35.5. The van der Waals surface area contributed by atoms with Crippen molar-refractivity contribution >= 4 is 24.0 Å². The van der Waals surface area contributed by atoms with Gasteiger partial charge in [-0.3, -0.25) is 4.79 Å². The number of β-amino-alcohol motifs (C(OH)–C–C–N with tert-alkyl or cyclic N) is 1. The van der Waals surface area contributed by atoms with Crippen molar-refractivity contribution in [3.05, 3.63) is 47.5 Å². The third-order valence-corrected chi connectivity index (χ3v) is 4.74. The van der Waals surface area contributed by atoms with Crippen molar-refractivity contribution in [2.45, 2.75) is 38.8 Å². The van der Waals surface area contributed by atoms with Crippen molar-refractivity contribution in [1.82, 2.24) is 5.32 Å². The lowest BCUT2D eigenvalue weighted by molar-refractivity contribution is -0.118. The van der Waals surface area contributed by atoms with Gasteiger partial charge in [0.25, 0.3) is 5.91 Å². The Kier molecular flexibility index (Phi) is 7.95. The number of aromatic hydroxyl groups is 1. The van der Waals surface area contributed by atoms with Crippen LogP contribution in [-0.2, 0) is 11.2 Å². The Labute approximate surface area is 182 Å². The van der Waals surface area contributed by atoms with E-state index >= 15 is 0 Å². The molecule has 1 atom stereocenters. The number of aliphatic hydroxyl groups is 1. The Morgan fingerprint density at radius 1 is 1.27 bits per heavy atom. The molecule has 1 aliphatic rings. The monoisotopic (exact) mass is 436 g/mol. The summed E-state index contributed by atoms with van der Waals surface area (Å²) in [4.78, 5) is 11.5. The number of rotatable bonds is 8. The maximum absolute atomic E-state index is 11.5. The minimum Gasteiger partial charge on any atom is -0.508 e. The molecule has 0 spiro atoms. The molecule has 1 amide bonds. The minimum atomic E-state index is -0.912. The van der Waals surface area contributed by atoms with E-state index in [0.717, 1.165) is 17.7 Å². The number of halogens is 1. The fourth-order valence-electron chi connectivity index (χ4n) is 3.39. The van der Waals surface area contributed by atoms with Crippen LogP contribution in [0.1, 0.15) is 38.0 Å². The molecule has 0 saturated heterocycles. The van der Waals surface area contributed by atoms with Gasteiger partial charge in [-0.25, -0.2) is 0 Å². The number of nitrogens with one attached hydrogen (secondary N) is 2. The molecular weight excluding hydrogens is 408 g/mol. The Morgan fingerprint density at radius 3 is 2.63 bits per heavy atom. The van der Waals surface area contributed by atoms with Gasteiger partial charge in [-0.15, -0.1) is 12.4 Å². The van der Waals surface area contributed by atoms with Gasteiger partial charge in [-0.1, -0.05) is 12.1 Å². The van der Waals surface area contributed by atoms with Gasteiger partial charge in [0.15, 0.2) is 6.61 Å². The average molecular weight is 437 g/mol. The average Bonchev–Trinajstić information content (AvgIpc) is 2.66. The number of ether oxygens (including phenoxy) is 2. The third kappa shape index (κ3) is 6.01. The van der Waals surface area contributed by atoms with E-state index in [9.17, 15) is 15.0 Å². The van der Waals surface area contributed by atoms with Gasteiger partial charge in [-0.05, 0) is 51.0 Å². The molecule has 0 aromatic heterocycles. The first-order chi connectivity index (χ1) is 13.8. The van der Waals surface area contributed by atoms with E-state index in [0.29, 0.717) is 23.6 Å². The van der Waals surface area contributed by atoms with Gasteiger partial charge in [0.2, 0.25) is 0 Å². The van der Waals surface area contributed by atoms with Crippen LogP contribution in [0.25, 0.3) is 0 Å². The maximum atomic E-state index is 11.5. The zero-order valence-corrected chi connectivity index (χ0v) is 18.2. The van der Waals surface area contributed by atoms with E-state index in [1.165, 1.54) is 12.1 Å². The summed E-state index contributed by atoms with van der Waals surface area (Å²) in [6.07, 6.45) is -0.151. The summed E-state index contributed by atoms with van der Waals surface area (Å²) in [6, 6.07) is 10.8. The van der Waals surface area contributed by atoms with Crippen molar-refractivity contribution in [1.29, 1.82) is 0 Å². The zero-order chi connectivity index (χ0) is 21.0. The number of benzene rings is 2. The second kappa shape index (κ2) is 10.0. The minimum absolute atomic E-state index is 0. The molecule has 0 aliphatic carbocycles. The molecule has 3 rings (SSSR count). The predicted molar refractivity (Wildman–Crippen MR) is 118 cm³/mol. The summed E-state index contributed by atoms with van der Waals surface area (Å²) in [6.45, 7) is 6.85. The van der Waals surface area contributed by atoms with Gasteiger partial charge < -0.3 is 30.3 Å². The van der Waals surface area contributed by atoms with E-state index in [-0.39, 0.29) is 42.8 Å². The van der Waals surface area contributed by atoms with Crippen LogP contribution in [-0.4, -0.2) is 41.4 Å². The molecule has 7 nitrogen and oxygen atoms in total. The Morgan fingerprint density at radius 2 is 1.97 bits per heavy atom.